The molecule has 4 aromatic heterocycles. The van der Waals surface area contributed by atoms with Crippen LogP contribution in [0.4, 0.5) is 0 Å². The molecule has 6 heteroatoms. The highest BCUT2D eigenvalue weighted by Crippen LogP contribution is 2.42. The molecule has 0 N–H and O–H groups in total. The van der Waals surface area contributed by atoms with Crippen molar-refractivity contribution in [1.29, 1.82) is 0 Å². The van der Waals surface area contributed by atoms with Crippen LogP contribution < -0.4 is 0 Å². The van der Waals surface area contributed by atoms with Gasteiger partial charge >= 0.3 is 0 Å². The molecule has 0 aliphatic rings. The second-order valence-electron chi connectivity index (χ2n) is 14.9. The maximum Gasteiger partial charge on any atom is 0.164 e. The summed E-state index contributed by atoms with van der Waals surface area (Å²) in [6.45, 7) is 2.13. The van der Waals surface area contributed by atoms with Gasteiger partial charge in [0.2, 0.25) is 0 Å². The van der Waals surface area contributed by atoms with E-state index in [2.05, 4.69) is 137 Å². The van der Waals surface area contributed by atoms with Gasteiger partial charge in [0.05, 0.1) is 27.5 Å². The minimum absolute atomic E-state index is 0.632. The largest absolute Gasteiger partial charge is 0.455 e. The molecule has 0 saturated carbocycles. The minimum Gasteiger partial charge on any atom is -0.455 e. The van der Waals surface area contributed by atoms with Crippen molar-refractivity contribution >= 4 is 65.6 Å². The topological polar surface area (TPSA) is 61.7 Å². The van der Waals surface area contributed by atoms with E-state index in [9.17, 15) is 0 Å². The summed E-state index contributed by atoms with van der Waals surface area (Å²) in [5, 5.41) is 6.97. The summed E-state index contributed by atoms with van der Waals surface area (Å²) in [6, 6.07) is 63.8. The van der Waals surface area contributed by atoms with E-state index in [0.717, 1.165) is 77.5 Å². The molecule has 4 heterocycles. The summed E-state index contributed by atoms with van der Waals surface area (Å²) in [4.78, 5) is 14.8. The van der Waals surface area contributed by atoms with Crippen molar-refractivity contribution in [2.45, 2.75) is 6.92 Å². The van der Waals surface area contributed by atoms with Crippen molar-refractivity contribution in [3.8, 4) is 45.5 Å². The fraction of sp³-hybridized carbons (Fsp3) is 0.0192. The summed E-state index contributed by atoms with van der Waals surface area (Å²) < 4.78 is 11.3. The van der Waals surface area contributed by atoms with Crippen molar-refractivity contribution in [2.75, 3.05) is 0 Å². The summed E-state index contributed by atoms with van der Waals surface area (Å²) in [5.41, 5.74) is 12.6. The van der Waals surface area contributed by atoms with Crippen LogP contribution in [0.25, 0.3) is 111 Å². The SMILES string of the molecule is Cc1ccc2oc3c(ccc4c3c3ccccc3n4-c3ccc4c(c3)c3ccccc3n4-c3ccc(-c4nc(-c5ccccc5)nc(-c5ccccc5)n4)cc3)c2c1. The van der Waals surface area contributed by atoms with Crippen molar-refractivity contribution in [3.05, 3.63) is 188 Å². The van der Waals surface area contributed by atoms with E-state index in [1.54, 1.807) is 0 Å². The standard InChI is InChI=1S/C52H33N5O/c1-32-20-29-47-42(30-32)39-26-28-46-48(49(39)58-47)40-17-9-11-19-44(40)57(46)37-25-27-45-41(31-37)38-16-8-10-18-43(38)56(45)36-23-21-35(22-24-36)52-54-50(33-12-4-2-5-13-33)53-51(55-52)34-14-6-3-7-15-34/h2-31H,1H3. The second kappa shape index (κ2) is 12.6. The van der Waals surface area contributed by atoms with Crippen LogP contribution in [0.3, 0.4) is 0 Å². The van der Waals surface area contributed by atoms with Crippen molar-refractivity contribution < 1.29 is 4.42 Å². The first-order valence-electron chi connectivity index (χ1n) is 19.5. The smallest absolute Gasteiger partial charge is 0.164 e. The zero-order valence-corrected chi connectivity index (χ0v) is 31.5. The average molecular weight is 744 g/mol. The van der Waals surface area contributed by atoms with Crippen LogP contribution in [-0.4, -0.2) is 24.1 Å². The molecule has 0 spiro atoms. The minimum atomic E-state index is 0.632. The lowest BCUT2D eigenvalue weighted by Gasteiger charge is -2.11. The molecule has 0 atom stereocenters. The molecule has 0 aliphatic carbocycles. The molecule has 6 nitrogen and oxygen atoms in total. The zero-order chi connectivity index (χ0) is 38.3. The van der Waals surface area contributed by atoms with E-state index < -0.39 is 0 Å². The van der Waals surface area contributed by atoms with Crippen LogP contribution in [0.1, 0.15) is 5.56 Å². The summed E-state index contributed by atoms with van der Waals surface area (Å²) in [6.07, 6.45) is 0. The highest BCUT2D eigenvalue weighted by Gasteiger charge is 2.20. The number of furan rings is 1. The third kappa shape index (κ3) is 4.95. The highest BCUT2D eigenvalue weighted by molar-refractivity contribution is 6.24. The first-order chi connectivity index (χ1) is 28.7. The Hall–Kier alpha value is -7.83. The molecule has 0 radical (unpaired) electrons. The molecular formula is C52H33N5O. The zero-order valence-electron chi connectivity index (χ0n) is 31.5. The van der Waals surface area contributed by atoms with Crippen LogP contribution in [0, 0.1) is 6.92 Å². The van der Waals surface area contributed by atoms with Crippen LogP contribution >= 0.6 is 0 Å². The molecule has 0 saturated heterocycles. The van der Waals surface area contributed by atoms with Crippen LogP contribution in [0.5, 0.6) is 0 Å². The van der Waals surface area contributed by atoms with Gasteiger partial charge in [-0.2, -0.15) is 0 Å². The van der Waals surface area contributed by atoms with Crippen molar-refractivity contribution in [3.63, 3.8) is 0 Å². The Morgan fingerprint density at radius 3 is 1.60 bits per heavy atom. The number of para-hydroxylation sites is 2. The van der Waals surface area contributed by atoms with Gasteiger partial charge in [-0.1, -0.05) is 109 Å². The van der Waals surface area contributed by atoms with Gasteiger partial charge in [-0.05, 0) is 85.8 Å². The highest BCUT2D eigenvalue weighted by atomic mass is 16.3. The third-order valence-electron chi connectivity index (χ3n) is 11.4. The van der Waals surface area contributed by atoms with E-state index in [4.69, 9.17) is 19.4 Å². The van der Waals surface area contributed by atoms with Crippen molar-refractivity contribution in [2.24, 2.45) is 0 Å². The number of nitrogens with zero attached hydrogens (tertiary/aromatic N) is 5. The number of benzene rings is 8. The number of rotatable bonds is 5. The molecule has 0 amide bonds. The van der Waals surface area contributed by atoms with Gasteiger partial charge in [0.1, 0.15) is 11.2 Å². The second-order valence-corrected chi connectivity index (χ2v) is 14.9. The molecule has 0 unspecified atom stereocenters. The first kappa shape index (κ1) is 32.4. The van der Waals surface area contributed by atoms with Crippen LogP contribution in [0.15, 0.2) is 186 Å². The third-order valence-corrected chi connectivity index (χ3v) is 11.4. The summed E-state index contributed by atoms with van der Waals surface area (Å²) >= 11 is 0. The van der Waals surface area contributed by atoms with E-state index in [1.807, 2.05) is 60.7 Å². The van der Waals surface area contributed by atoms with Gasteiger partial charge in [0, 0.05) is 55.0 Å². The Bertz CT molecular complexity index is 3500. The average Bonchev–Trinajstić information content (AvgIpc) is 3.94. The van der Waals surface area contributed by atoms with Gasteiger partial charge < -0.3 is 13.6 Å². The molecule has 12 aromatic rings. The molecular weight excluding hydrogens is 711 g/mol. The molecule has 8 aromatic carbocycles. The molecule has 58 heavy (non-hydrogen) atoms. The van der Waals surface area contributed by atoms with E-state index >= 15 is 0 Å². The Morgan fingerprint density at radius 2 is 0.914 bits per heavy atom. The number of fused-ring (bicyclic) bond motifs is 10. The monoisotopic (exact) mass is 743 g/mol. The van der Waals surface area contributed by atoms with Gasteiger partial charge in [-0.25, -0.2) is 15.0 Å². The van der Waals surface area contributed by atoms with Crippen LogP contribution in [0.2, 0.25) is 0 Å². The number of aryl methyl sites for hydroxylation is 1. The van der Waals surface area contributed by atoms with Crippen molar-refractivity contribution in [1.82, 2.24) is 24.1 Å². The fourth-order valence-electron chi connectivity index (χ4n) is 8.75. The van der Waals surface area contributed by atoms with Gasteiger partial charge in [-0.15, -0.1) is 0 Å². The van der Waals surface area contributed by atoms with Gasteiger partial charge in [0.15, 0.2) is 17.5 Å². The molecule has 0 bridgehead atoms. The Kier molecular flexibility index (Phi) is 7.04. The fourth-order valence-corrected chi connectivity index (χ4v) is 8.75. The number of hydrogen-bond acceptors (Lipinski definition) is 4. The molecule has 0 fully saturated rings. The molecule has 272 valence electrons. The molecule has 12 rings (SSSR count). The normalized spacial score (nSPS) is 11.9. The van der Waals surface area contributed by atoms with E-state index in [0.29, 0.717) is 17.5 Å². The molecule has 0 aliphatic heterocycles. The predicted octanol–water partition coefficient (Wildman–Crippen LogP) is 13.3. The first-order valence-corrected chi connectivity index (χ1v) is 19.5. The number of aromatic nitrogens is 5. The lowest BCUT2D eigenvalue weighted by Crippen LogP contribution is -2.00. The number of hydrogen-bond donors (Lipinski definition) is 0. The summed E-state index contributed by atoms with van der Waals surface area (Å²) in [5.74, 6) is 1.92. The van der Waals surface area contributed by atoms with E-state index in [1.165, 1.54) is 21.7 Å². The lowest BCUT2D eigenvalue weighted by molar-refractivity contribution is 0.673. The van der Waals surface area contributed by atoms with Crippen LogP contribution in [-0.2, 0) is 0 Å². The van der Waals surface area contributed by atoms with E-state index in [-0.39, 0.29) is 0 Å². The van der Waals surface area contributed by atoms with Gasteiger partial charge in [-0.3, -0.25) is 0 Å². The quantitative estimate of drug-likeness (QED) is 0.176. The van der Waals surface area contributed by atoms with Gasteiger partial charge in [0.25, 0.3) is 0 Å². The maximum atomic E-state index is 6.62. The Labute approximate surface area is 332 Å². The lowest BCUT2D eigenvalue weighted by atomic mass is 10.1. The maximum absolute atomic E-state index is 6.62. The predicted molar refractivity (Wildman–Crippen MR) is 237 cm³/mol. The Morgan fingerprint density at radius 1 is 0.379 bits per heavy atom. The Balaban J connectivity index is 1.00. The summed E-state index contributed by atoms with van der Waals surface area (Å²) in [7, 11) is 0.